The van der Waals surface area contributed by atoms with Crippen molar-refractivity contribution < 1.29 is 13.6 Å². The van der Waals surface area contributed by atoms with Crippen LogP contribution in [0.3, 0.4) is 0 Å². The molecular weight excluding hydrogens is 637 g/mol. The second-order valence-electron chi connectivity index (χ2n) is 16.1. The van der Waals surface area contributed by atoms with Crippen LogP contribution in [0, 0.1) is 11.3 Å². The maximum atomic E-state index is 9.74. The topological polar surface area (TPSA) is 80.5 Å². The summed E-state index contributed by atoms with van der Waals surface area (Å²) in [5.41, 5.74) is 5.18. The van der Waals surface area contributed by atoms with Crippen molar-refractivity contribution in [1.82, 2.24) is 14.3 Å². The summed E-state index contributed by atoms with van der Waals surface area (Å²) >= 11 is 1.37. The minimum absolute atomic E-state index is 0.00423. The van der Waals surface area contributed by atoms with E-state index in [1.807, 2.05) is 32.0 Å². The van der Waals surface area contributed by atoms with Gasteiger partial charge in [0.1, 0.15) is 16.8 Å². The Labute approximate surface area is 290 Å². The van der Waals surface area contributed by atoms with Gasteiger partial charge < -0.3 is 13.6 Å². The second kappa shape index (κ2) is 14.6. The van der Waals surface area contributed by atoms with Gasteiger partial charge in [-0.05, 0) is 104 Å². The van der Waals surface area contributed by atoms with Crippen LogP contribution in [0.1, 0.15) is 84.5 Å². The Balaban J connectivity index is 1.58. The van der Waals surface area contributed by atoms with E-state index < -0.39 is 16.6 Å². The third-order valence-electron chi connectivity index (χ3n) is 10.4. The molecule has 0 aliphatic heterocycles. The van der Waals surface area contributed by atoms with E-state index in [-0.39, 0.29) is 16.2 Å². The highest BCUT2D eigenvalue weighted by atomic mass is 32.1. The molecular formula is C37H56N4O3SSi2. The fourth-order valence-corrected chi connectivity index (χ4v) is 8.21. The zero-order valence-electron chi connectivity index (χ0n) is 30.8. The van der Waals surface area contributed by atoms with E-state index in [0.29, 0.717) is 17.4 Å². The number of hydrogen-bond donors (Lipinski definition) is 0. The lowest BCUT2D eigenvalue weighted by Gasteiger charge is -2.39. The minimum atomic E-state index is -1.86. The van der Waals surface area contributed by atoms with Gasteiger partial charge in [0.15, 0.2) is 22.5 Å². The summed E-state index contributed by atoms with van der Waals surface area (Å²) < 4.78 is 24.0. The van der Waals surface area contributed by atoms with Crippen molar-refractivity contribution in [2.24, 2.45) is 0 Å². The smallest absolute Gasteiger partial charge is 0.192 e. The highest BCUT2D eigenvalue weighted by Crippen LogP contribution is 2.42. The molecule has 0 radical (unpaired) electrons. The second-order valence-corrected chi connectivity index (χ2v) is 26.5. The first-order valence-electron chi connectivity index (χ1n) is 17.0. The molecule has 1 heterocycles. The van der Waals surface area contributed by atoms with E-state index in [4.69, 9.17) is 22.9 Å². The van der Waals surface area contributed by atoms with Gasteiger partial charge >= 0.3 is 0 Å². The van der Waals surface area contributed by atoms with Crippen molar-refractivity contribution in [3.8, 4) is 33.8 Å². The number of nitrogens with zero attached hydrogens (tertiary/aromatic N) is 4. The van der Waals surface area contributed by atoms with Crippen LogP contribution in [0.2, 0.25) is 36.3 Å². The molecule has 0 saturated heterocycles. The molecule has 0 saturated carbocycles. The van der Waals surface area contributed by atoms with E-state index in [2.05, 4.69) is 96.9 Å². The zero-order valence-corrected chi connectivity index (χ0v) is 33.6. The number of fused-ring (bicyclic) bond motifs is 1. The fourth-order valence-electron chi connectivity index (χ4n) is 5.47. The molecule has 0 amide bonds. The number of rotatable bonds is 13. The predicted octanol–water partition coefficient (Wildman–Crippen LogP) is 9.86. The van der Waals surface area contributed by atoms with Crippen molar-refractivity contribution in [2.75, 3.05) is 26.3 Å². The summed E-state index contributed by atoms with van der Waals surface area (Å²) in [4.78, 5) is 7.57. The Morgan fingerprint density at radius 2 is 1.57 bits per heavy atom. The van der Waals surface area contributed by atoms with E-state index in [9.17, 15) is 5.26 Å². The molecule has 2 aromatic carbocycles. The van der Waals surface area contributed by atoms with E-state index in [1.54, 1.807) is 0 Å². The molecule has 4 rings (SSSR count). The SMILES string of the molecule is CC(C)Oc1ccc(-c2nc(-c3cccc4c3CC[C@@H]4N(CCO[Si](C)(C)C(C)(C)C)CCO[Si](C)(C)C(C)(C)C)ns2)cc1C#N. The Hall–Kier alpha value is -2.40. The Morgan fingerprint density at radius 3 is 2.13 bits per heavy atom. The summed E-state index contributed by atoms with van der Waals surface area (Å²) in [5, 5.41) is 10.9. The van der Waals surface area contributed by atoms with Crippen LogP contribution in [0.4, 0.5) is 0 Å². The number of ether oxygens (including phenoxy) is 1. The number of hydrogen-bond acceptors (Lipinski definition) is 8. The molecule has 0 spiro atoms. The number of nitriles is 1. The van der Waals surface area contributed by atoms with Crippen LogP contribution in [0.15, 0.2) is 36.4 Å². The zero-order chi connectivity index (χ0) is 34.8. The molecule has 256 valence electrons. The Bertz CT molecular complexity index is 1530. The quantitative estimate of drug-likeness (QED) is 0.165. The first kappa shape index (κ1) is 37.4. The molecule has 3 aromatic rings. The van der Waals surface area contributed by atoms with Crippen molar-refractivity contribution in [3.05, 3.63) is 53.1 Å². The average Bonchev–Trinajstić information content (AvgIpc) is 3.63. The molecule has 0 N–H and O–H groups in total. The van der Waals surface area contributed by atoms with Gasteiger partial charge in [-0.15, -0.1) is 0 Å². The van der Waals surface area contributed by atoms with Crippen LogP contribution >= 0.6 is 11.5 Å². The first-order chi connectivity index (χ1) is 21.8. The molecule has 1 atom stereocenters. The van der Waals surface area contributed by atoms with E-state index in [1.165, 1.54) is 22.7 Å². The van der Waals surface area contributed by atoms with Gasteiger partial charge in [-0.25, -0.2) is 4.98 Å². The molecule has 0 fully saturated rings. The summed E-state index contributed by atoms with van der Waals surface area (Å²) in [6.07, 6.45) is 2.02. The Kier molecular flexibility index (Phi) is 11.6. The summed E-state index contributed by atoms with van der Waals surface area (Å²) in [6.45, 7) is 30.3. The summed E-state index contributed by atoms with van der Waals surface area (Å²) in [5.74, 6) is 1.34. The van der Waals surface area contributed by atoms with Crippen LogP contribution < -0.4 is 4.74 Å². The maximum Gasteiger partial charge on any atom is 0.192 e. The highest BCUT2D eigenvalue weighted by Gasteiger charge is 2.39. The minimum Gasteiger partial charge on any atom is -0.490 e. The van der Waals surface area contributed by atoms with Crippen LogP contribution in [0.25, 0.3) is 22.0 Å². The molecule has 1 aliphatic rings. The van der Waals surface area contributed by atoms with Gasteiger partial charge in [-0.1, -0.05) is 59.7 Å². The number of benzene rings is 2. The predicted molar refractivity (Wildman–Crippen MR) is 200 cm³/mol. The monoisotopic (exact) mass is 692 g/mol. The molecule has 47 heavy (non-hydrogen) atoms. The van der Waals surface area contributed by atoms with Gasteiger partial charge in [0.25, 0.3) is 0 Å². The molecule has 1 aliphatic carbocycles. The summed E-state index contributed by atoms with van der Waals surface area (Å²) in [7, 11) is -3.71. The third kappa shape index (κ3) is 8.80. The van der Waals surface area contributed by atoms with Crippen molar-refractivity contribution >= 4 is 28.2 Å². The van der Waals surface area contributed by atoms with Gasteiger partial charge in [-0.2, -0.15) is 9.64 Å². The van der Waals surface area contributed by atoms with Crippen molar-refractivity contribution in [3.63, 3.8) is 0 Å². The van der Waals surface area contributed by atoms with E-state index >= 15 is 0 Å². The van der Waals surface area contributed by atoms with Gasteiger partial charge in [0.2, 0.25) is 0 Å². The fraction of sp³-hybridized carbons (Fsp3) is 0.595. The third-order valence-corrected chi connectivity index (χ3v) is 20.2. The molecule has 0 bridgehead atoms. The average molecular weight is 693 g/mol. The maximum absolute atomic E-state index is 9.74. The van der Waals surface area contributed by atoms with Crippen molar-refractivity contribution in [2.45, 2.75) is 117 Å². The first-order valence-corrected chi connectivity index (χ1v) is 23.6. The normalized spacial score (nSPS) is 15.7. The largest absolute Gasteiger partial charge is 0.490 e. The van der Waals surface area contributed by atoms with Gasteiger partial charge in [-0.3, -0.25) is 4.90 Å². The lowest BCUT2D eigenvalue weighted by Crippen LogP contribution is -2.45. The summed E-state index contributed by atoms with van der Waals surface area (Å²) in [6, 6.07) is 14.8. The van der Waals surface area contributed by atoms with Gasteiger partial charge in [0.05, 0.1) is 11.7 Å². The Morgan fingerprint density at radius 1 is 0.957 bits per heavy atom. The van der Waals surface area contributed by atoms with Crippen LogP contribution in [0.5, 0.6) is 5.75 Å². The van der Waals surface area contributed by atoms with Crippen molar-refractivity contribution in [1.29, 1.82) is 5.26 Å². The highest BCUT2D eigenvalue weighted by molar-refractivity contribution is 7.09. The lowest BCUT2D eigenvalue weighted by molar-refractivity contribution is 0.125. The molecule has 10 heteroatoms. The van der Waals surface area contributed by atoms with Crippen LogP contribution in [-0.4, -0.2) is 63.3 Å². The van der Waals surface area contributed by atoms with E-state index in [0.717, 1.165) is 61.1 Å². The lowest BCUT2D eigenvalue weighted by atomic mass is 10.0. The number of aromatic nitrogens is 2. The van der Waals surface area contributed by atoms with Gasteiger partial charge in [0, 0.05) is 43.5 Å². The van der Waals surface area contributed by atoms with Crippen LogP contribution in [-0.2, 0) is 15.3 Å². The standard InChI is InChI=1S/C37H56N4O3SSi2/c1-26(2)44-33-19-16-27(24-28(33)25-38)35-39-34(40-45-35)31-15-13-14-30-29(31)17-18-32(30)41(20-22-42-46(9,10)36(3,4)5)21-23-43-47(11,12)37(6,7)8/h13-16,19,24,26,32H,17-18,20-23H2,1-12H3/t32-/m0/s1. The molecule has 0 unspecified atom stereocenters. The molecule has 7 nitrogen and oxygen atoms in total. The molecule has 1 aromatic heterocycles.